The van der Waals surface area contributed by atoms with Crippen molar-refractivity contribution in [3.05, 3.63) is 63.0 Å². The fraction of sp³-hybridized carbons (Fsp3) is 0.118. The van der Waals surface area contributed by atoms with Crippen LogP contribution < -0.4 is 5.32 Å². The van der Waals surface area contributed by atoms with Crippen LogP contribution in [0.1, 0.15) is 16.1 Å². The zero-order chi connectivity index (χ0) is 19.7. The first-order chi connectivity index (χ1) is 12.8. The van der Waals surface area contributed by atoms with Gasteiger partial charge in [0.1, 0.15) is 11.9 Å². The Morgan fingerprint density at radius 3 is 2.67 bits per heavy atom. The van der Waals surface area contributed by atoms with E-state index >= 15 is 0 Å². The Bertz CT molecular complexity index is 1020. The number of rotatable bonds is 4. The van der Waals surface area contributed by atoms with E-state index < -0.39 is 17.1 Å². The number of halogens is 3. The molecule has 10 heteroatoms. The number of nitrogens with zero attached hydrogens (tertiary/aromatic N) is 3. The average Bonchev–Trinajstić information content (AvgIpc) is 2.99. The van der Waals surface area contributed by atoms with Gasteiger partial charge in [-0.25, -0.2) is 9.67 Å². The minimum Gasteiger partial charge on any atom is -0.612 e. The number of pyridine rings is 1. The lowest BCUT2D eigenvalue weighted by molar-refractivity contribution is 0.101. The molecule has 0 aliphatic heterocycles. The summed E-state index contributed by atoms with van der Waals surface area (Å²) in [5, 5.41) is 7.71. The van der Waals surface area contributed by atoms with Gasteiger partial charge in [-0.05, 0) is 41.9 Å². The fourth-order valence-electron chi connectivity index (χ4n) is 2.49. The van der Waals surface area contributed by atoms with Crippen molar-refractivity contribution in [2.24, 2.45) is 0 Å². The maximum absolute atomic E-state index is 12.9. The second-order valence-corrected chi connectivity index (χ2v) is 8.16. The molecule has 0 radical (unpaired) electrons. The largest absolute Gasteiger partial charge is 0.612 e. The van der Waals surface area contributed by atoms with Crippen LogP contribution in [0, 0.1) is 6.92 Å². The topological polar surface area (TPSA) is 82.9 Å². The second kappa shape index (κ2) is 8.08. The highest BCUT2D eigenvalue weighted by atomic mass is 35.5. The van der Waals surface area contributed by atoms with Crippen molar-refractivity contribution in [3.8, 4) is 5.82 Å². The van der Waals surface area contributed by atoms with Gasteiger partial charge in [-0.1, -0.05) is 34.8 Å². The number of aromatic nitrogens is 3. The lowest BCUT2D eigenvalue weighted by atomic mass is 10.2. The molecule has 2 heterocycles. The summed E-state index contributed by atoms with van der Waals surface area (Å²) < 4.78 is 13.3. The van der Waals surface area contributed by atoms with Gasteiger partial charge in [-0.2, -0.15) is 5.10 Å². The predicted octanol–water partition coefficient (Wildman–Crippen LogP) is 4.53. The van der Waals surface area contributed by atoms with Gasteiger partial charge in [0.05, 0.1) is 10.7 Å². The lowest BCUT2D eigenvalue weighted by Gasteiger charge is -2.15. The molecule has 0 fully saturated rings. The highest BCUT2D eigenvalue weighted by Crippen LogP contribution is 2.30. The number of anilines is 1. The number of carbonyl (C=O) groups excluding carboxylic acids is 1. The van der Waals surface area contributed by atoms with Crippen LogP contribution in [0.4, 0.5) is 5.69 Å². The van der Waals surface area contributed by atoms with Gasteiger partial charge < -0.3 is 9.87 Å². The Kier molecular flexibility index (Phi) is 5.98. The first-order valence-electron chi connectivity index (χ1n) is 7.59. The van der Waals surface area contributed by atoms with Crippen molar-refractivity contribution in [1.29, 1.82) is 0 Å². The first-order valence-corrected chi connectivity index (χ1v) is 10.3. The molecule has 1 unspecified atom stereocenters. The van der Waals surface area contributed by atoms with Gasteiger partial charge in [-0.3, -0.25) is 4.79 Å². The molecule has 27 heavy (non-hydrogen) atoms. The van der Waals surface area contributed by atoms with Crippen LogP contribution in [0.2, 0.25) is 15.2 Å². The number of carbonyl (C=O) groups is 1. The molecule has 0 saturated carbocycles. The van der Waals surface area contributed by atoms with Gasteiger partial charge in [-0.15, -0.1) is 0 Å². The standard InChI is InChI=1S/C17H13Cl3N4O2S/c1-9-6-10(18)7-13(27(2)26)15(9)22-17(25)12-8-14(20)23-24(12)16-11(19)4-3-5-21-16/h3-8H,1-2H3,(H,22,25). The zero-order valence-corrected chi connectivity index (χ0v) is 17.2. The third-order valence-corrected chi connectivity index (χ3v) is 5.30. The first kappa shape index (κ1) is 20.0. The summed E-state index contributed by atoms with van der Waals surface area (Å²) in [6, 6.07) is 7.92. The third kappa shape index (κ3) is 4.23. The summed E-state index contributed by atoms with van der Waals surface area (Å²) in [5.41, 5.74) is 1.22. The number of benzene rings is 1. The van der Waals surface area contributed by atoms with Gasteiger partial charge in [0.15, 0.2) is 15.9 Å². The molecule has 0 bridgehead atoms. The molecule has 1 atom stereocenters. The summed E-state index contributed by atoms with van der Waals surface area (Å²) >= 11 is 16.9. The highest BCUT2D eigenvalue weighted by molar-refractivity contribution is 7.90. The van der Waals surface area contributed by atoms with Gasteiger partial charge in [0.25, 0.3) is 5.91 Å². The number of hydrogen-bond acceptors (Lipinski definition) is 4. The Labute approximate surface area is 173 Å². The molecule has 0 saturated heterocycles. The maximum Gasteiger partial charge on any atom is 0.274 e. The van der Waals surface area contributed by atoms with Crippen molar-refractivity contribution in [2.45, 2.75) is 11.8 Å². The van der Waals surface area contributed by atoms with Crippen LogP contribution in [0.3, 0.4) is 0 Å². The monoisotopic (exact) mass is 442 g/mol. The normalized spacial score (nSPS) is 12.1. The SMILES string of the molecule is Cc1cc(Cl)cc([S+](C)[O-])c1NC(=O)c1cc(Cl)nn1-c1ncccc1Cl. The van der Waals surface area contributed by atoms with E-state index in [0.29, 0.717) is 26.2 Å². The lowest BCUT2D eigenvalue weighted by Crippen LogP contribution is -2.20. The molecule has 0 aliphatic carbocycles. The molecular weight excluding hydrogens is 431 g/mol. The fourth-order valence-corrected chi connectivity index (χ4v) is 4.00. The van der Waals surface area contributed by atoms with Crippen LogP contribution in [-0.4, -0.2) is 31.5 Å². The summed E-state index contributed by atoms with van der Waals surface area (Å²) in [7, 11) is 0. The highest BCUT2D eigenvalue weighted by Gasteiger charge is 2.23. The van der Waals surface area contributed by atoms with Crippen molar-refractivity contribution < 1.29 is 9.35 Å². The number of amides is 1. The van der Waals surface area contributed by atoms with Gasteiger partial charge in [0.2, 0.25) is 0 Å². The Morgan fingerprint density at radius 2 is 2.00 bits per heavy atom. The van der Waals surface area contributed by atoms with Crippen LogP contribution in [-0.2, 0) is 11.2 Å². The Hall–Kier alpha value is -1.77. The van der Waals surface area contributed by atoms with E-state index in [1.807, 2.05) is 0 Å². The molecule has 1 N–H and O–H groups in total. The summed E-state index contributed by atoms with van der Waals surface area (Å²) in [4.78, 5) is 17.5. The summed E-state index contributed by atoms with van der Waals surface area (Å²) in [6.45, 7) is 1.76. The molecule has 2 aromatic heterocycles. The third-order valence-electron chi connectivity index (χ3n) is 3.66. The van der Waals surface area contributed by atoms with Crippen LogP contribution >= 0.6 is 34.8 Å². The van der Waals surface area contributed by atoms with E-state index in [4.69, 9.17) is 34.8 Å². The van der Waals surface area contributed by atoms with E-state index in [9.17, 15) is 9.35 Å². The van der Waals surface area contributed by atoms with E-state index in [1.54, 1.807) is 31.2 Å². The zero-order valence-electron chi connectivity index (χ0n) is 14.2. The van der Waals surface area contributed by atoms with Crippen molar-refractivity contribution in [2.75, 3.05) is 11.6 Å². The van der Waals surface area contributed by atoms with Crippen LogP contribution in [0.15, 0.2) is 41.4 Å². The maximum atomic E-state index is 12.9. The molecule has 0 aliphatic rings. The summed E-state index contributed by atoms with van der Waals surface area (Å²) in [6.07, 6.45) is 3.04. The Balaban J connectivity index is 2.04. The minimum atomic E-state index is -1.35. The van der Waals surface area contributed by atoms with E-state index in [1.165, 1.54) is 23.2 Å². The minimum absolute atomic E-state index is 0.106. The van der Waals surface area contributed by atoms with Crippen LogP contribution in [0.5, 0.6) is 0 Å². The van der Waals surface area contributed by atoms with Gasteiger partial charge in [0, 0.05) is 23.4 Å². The Morgan fingerprint density at radius 1 is 1.26 bits per heavy atom. The predicted molar refractivity (Wildman–Crippen MR) is 108 cm³/mol. The van der Waals surface area contributed by atoms with E-state index in [2.05, 4.69) is 15.4 Å². The molecular formula is C17H13Cl3N4O2S. The molecule has 1 amide bonds. The van der Waals surface area contributed by atoms with E-state index in [-0.39, 0.29) is 16.7 Å². The van der Waals surface area contributed by atoms with Crippen molar-refractivity contribution in [3.63, 3.8) is 0 Å². The molecule has 0 spiro atoms. The molecule has 1 aromatic carbocycles. The number of hydrogen-bond donors (Lipinski definition) is 1. The van der Waals surface area contributed by atoms with Gasteiger partial charge >= 0.3 is 0 Å². The number of aryl methyl sites for hydroxylation is 1. The second-order valence-electron chi connectivity index (χ2n) is 5.58. The smallest absolute Gasteiger partial charge is 0.274 e. The van der Waals surface area contributed by atoms with Crippen molar-refractivity contribution in [1.82, 2.24) is 14.8 Å². The summed E-state index contributed by atoms with van der Waals surface area (Å²) in [5.74, 6) is -0.239. The van der Waals surface area contributed by atoms with E-state index in [0.717, 1.165) is 0 Å². The quantitative estimate of drug-likeness (QED) is 0.601. The average molecular weight is 444 g/mol. The molecule has 140 valence electrons. The number of nitrogens with one attached hydrogen (secondary N) is 1. The van der Waals surface area contributed by atoms with Crippen molar-refractivity contribution >= 4 is 57.6 Å². The van der Waals surface area contributed by atoms with Crippen LogP contribution in [0.25, 0.3) is 5.82 Å². The molecule has 3 aromatic rings. The molecule has 3 rings (SSSR count). The molecule has 6 nitrogen and oxygen atoms in total.